The van der Waals surface area contributed by atoms with Gasteiger partial charge in [-0.15, -0.1) is 0 Å². The number of carbonyl (C=O) groups is 1. The van der Waals surface area contributed by atoms with Crippen LogP contribution in [0.15, 0.2) is 24.3 Å². The van der Waals surface area contributed by atoms with E-state index in [0.29, 0.717) is 18.0 Å². The average molecular weight is 302 g/mol. The fraction of sp³-hybridized carbons (Fsp3) is 0.500. The summed E-state index contributed by atoms with van der Waals surface area (Å²) in [5.74, 6) is 0.0900. The Morgan fingerprint density at radius 2 is 2.14 bits per heavy atom. The molecule has 1 amide bonds. The minimum absolute atomic E-state index is 0.0187. The highest BCUT2D eigenvalue weighted by Gasteiger charge is 2.16. The number of nitrogens with zero attached hydrogens (tertiary/aromatic N) is 1. The third-order valence-electron chi connectivity index (χ3n) is 2.64. The molecule has 0 spiro atoms. The van der Waals surface area contributed by atoms with Crippen LogP contribution in [0.25, 0.3) is 0 Å². The molecule has 0 heterocycles. The zero-order chi connectivity index (χ0) is 15.7. The number of hydrogen-bond acceptors (Lipinski definition) is 4. The van der Waals surface area contributed by atoms with E-state index in [-0.39, 0.29) is 19.7 Å². The molecule has 0 aromatic heterocycles. The summed E-state index contributed by atoms with van der Waals surface area (Å²) in [4.78, 5) is 13.1. The molecule has 21 heavy (non-hydrogen) atoms. The summed E-state index contributed by atoms with van der Waals surface area (Å²) in [6, 6.07) is 6.90. The Morgan fingerprint density at radius 1 is 1.43 bits per heavy atom. The van der Waals surface area contributed by atoms with Gasteiger partial charge in [0.15, 0.2) is 0 Å². The normalized spacial score (nSPS) is 11.0. The van der Waals surface area contributed by atoms with Gasteiger partial charge in [0.05, 0.1) is 32.0 Å². The van der Waals surface area contributed by atoms with Crippen LogP contribution in [0.4, 0.5) is 14.5 Å². The van der Waals surface area contributed by atoms with Crippen molar-refractivity contribution in [1.82, 2.24) is 4.90 Å². The number of rotatable bonds is 9. The molecule has 0 saturated carbocycles. The third-order valence-corrected chi connectivity index (χ3v) is 2.64. The quantitative estimate of drug-likeness (QED) is 0.727. The molecule has 0 fully saturated rings. The number of aliphatic hydroxyl groups is 1. The molecule has 0 aliphatic rings. The maximum Gasteiger partial charge on any atom is 0.251 e. The van der Waals surface area contributed by atoms with Crippen molar-refractivity contribution < 1.29 is 23.4 Å². The Bertz CT molecular complexity index is 444. The molecular weight excluding hydrogens is 282 g/mol. The number of alkyl halides is 2. The van der Waals surface area contributed by atoms with Gasteiger partial charge in [0, 0.05) is 6.54 Å². The van der Waals surface area contributed by atoms with Crippen LogP contribution < -0.4 is 10.1 Å². The van der Waals surface area contributed by atoms with Gasteiger partial charge in [0.25, 0.3) is 6.43 Å². The van der Waals surface area contributed by atoms with E-state index in [1.165, 1.54) is 4.90 Å². The number of carbonyl (C=O) groups excluding carboxylic acids is 1. The van der Waals surface area contributed by atoms with Gasteiger partial charge in [-0.05, 0) is 19.1 Å². The third kappa shape index (κ3) is 6.50. The van der Waals surface area contributed by atoms with Crippen LogP contribution in [0.2, 0.25) is 0 Å². The lowest BCUT2D eigenvalue weighted by molar-refractivity contribution is -0.117. The predicted octanol–water partition coefficient (Wildman–Crippen LogP) is 1.58. The van der Waals surface area contributed by atoms with Gasteiger partial charge in [-0.1, -0.05) is 12.1 Å². The van der Waals surface area contributed by atoms with E-state index >= 15 is 0 Å². The molecule has 0 saturated heterocycles. The molecule has 1 rings (SSSR count). The molecule has 0 atom stereocenters. The molecule has 2 N–H and O–H groups in total. The first-order chi connectivity index (χ1) is 10.1. The van der Waals surface area contributed by atoms with Crippen LogP contribution in [0, 0.1) is 0 Å². The maximum atomic E-state index is 12.4. The zero-order valence-electron chi connectivity index (χ0n) is 11.9. The summed E-state index contributed by atoms with van der Waals surface area (Å²) in [5.41, 5.74) is 0.491. The van der Waals surface area contributed by atoms with E-state index in [1.807, 2.05) is 6.92 Å². The lowest BCUT2D eigenvalue weighted by Gasteiger charge is -2.20. The Labute approximate surface area is 122 Å². The number of halogens is 2. The van der Waals surface area contributed by atoms with Gasteiger partial charge in [-0.25, -0.2) is 8.78 Å². The molecule has 0 aliphatic carbocycles. The van der Waals surface area contributed by atoms with Gasteiger partial charge in [-0.3, -0.25) is 9.69 Å². The molecular formula is C14H20F2N2O3. The summed E-state index contributed by atoms with van der Waals surface area (Å²) in [7, 11) is 0. The fourth-order valence-corrected chi connectivity index (χ4v) is 1.82. The van der Waals surface area contributed by atoms with Gasteiger partial charge in [0.1, 0.15) is 5.75 Å². The lowest BCUT2D eigenvalue weighted by Crippen LogP contribution is -2.38. The standard InChI is InChI=1S/C14H20F2N2O3/c1-2-21-12-6-4-3-5-11(12)17-14(20)10-18(7-8-19)9-13(15)16/h3-6,13,19H,2,7-10H2,1H3,(H,17,20). The largest absolute Gasteiger partial charge is 0.492 e. The van der Waals surface area contributed by atoms with Gasteiger partial charge in [-0.2, -0.15) is 0 Å². The van der Waals surface area contributed by atoms with Crippen molar-refractivity contribution >= 4 is 11.6 Å². The SMILES string of the molecule is CCOc1ccccc1NC(=O)CN(CCO)CC(F)F. The highest BCUT2D eigenvalue weighted by Crippen LogP contribution is 2.23. The highest BCUT2D eigenvalue weighted by atomic mass is 19.3. The molecule has 5 nitrogen and oxygen atoms in total. The second-order valence-electron chi connectivity index (χ2n) is 4.33. The summed E-state index contributed by atoms with van der Waals surface area (Å²) in [6.07, 6.45) is -2.56. The van der Waals surface area contributed by atoms with Crippen molar-refractivity contribution in [3.8, 4) is 5.75 Å². The van der Waals surface area contributed by atoms with Crippen molar-refractivity contribution in [1.29, 1.82) is 0 Å². The van der Waals surface area contributed by atoms with E-state index < -0.39 is 18.9 Å². The Morgan fingerprint density at radius 3 is 2.76 bits per heavy atom. The van der Waals surface area contributed by atoms with E-state index in [0.717, 1.165) is 0 Å². The molecule has 0 bridgehead atoms. The number of para-hydroxylation sites is 2. The number of ether oxygens (including phenoxy) is 1. The monoisotopic (exact) mass is 302 g/mol. The molecule has 0 unspecified atom stereocenters. The first kappa shape index (κ1) is 17.3. The zero-order valence-corrected chi connectivity index (χ0v) is 11.9. The van der Waals surface area contributed by atoms with Crippen LogP contribution in [-0.2, 0) is 4.79 Å². The van der Waals surface area contributed by atoms with Gasteiger partial charge < -0.3 is 15.2 Å². The number of benzene rings is 1. The van der Waals surface area contributed by atoms with E-state index in [9.17, 15) is 13.6 Å². The maximum absolute atomic E-state index is 12.4. The molecule has 118 valence electrons. The predicted molar refractivity (Wildman–Crippen MR) is 75.8 cm³/mol. The van der Waals surface area contributed by atoms with Crippen LogP contribution in [0.1, 0.15) is 6.92 Å². The van der Waals surface area contributed by atoms with Crippen molar-refractivity contribution in [2.24, 2.45) is 0 Å². The first-order valence-electron chi connectivity index (χ1n) is 6.69. The van der Waals surface area contributed by atoms with E-state index in [4.69, 9.17) is 9.84 Å². The Hall–Kier alpha value is -1.73. The fourth-order valence-electron chi connectivity index (χ4n) is 1.82. The number of amides is 1. The van der Waals surface area contributed by atoms with E-state index in [1.54, 1.807) is 24.3 Å². The molecule has 1 aromatic carbocycles. The van der Waals surface area contributed by atoms with Crippen molar-refractivity contribution in [3.05, 3.63) is 24.3 Å². The molecule has 0 radical (unpaired) electrons. The van der Waals surface area contributed by atoms with Crippen LogP contribution in [-0.4, -0.2) is 55.2 Å². The minimum atomic E-state index is -2.56. The van der Waals surface area contributed by atoms with Gasteiger partial charge >= 0.3 is 0 Å². The van der Waals surface area contributed by atoms with Crippen LogP contribution in [0.5, 0.6) is 5.75 Å². The van der Waals surface area contributed by atoms with Crippen molar-refractivity contribution in [2.45, 2.75) is 13.3 Å². The topological polar surface area (TPSA) is 61.8 Å². The van der Waals surface area contributed by atoms with Crippen molar-refractivity contribution in [2.75, 3.05) is 38.2 Å². The minimum Gasteiger partial charge on any atom is -0.492 e. The summed E-state index contributed by atoms with van der Waals surface area (Å²) >= 11 is 0. The highest BCUT2D eigenvalue weighted by molar-refractivity contribution is 5.93. The Kier molecular flexibility index (Phi) is 7.63. The van der Waals surface area contributed by atoms with Crippen LogP contribution in [0.3, 0.4) is 0 Å². The number of hydrogen-bond donors (Lipinski definition) is 2. The number of anilines is 1. The number of aliphatic hydroxyl groups excluding tert-OH is 1. The molecule has 1 aromatic rings. The first-order valence-corrected chi connectivity index (χ1v) is 6.69. The van der Waals surface area contributed by atoms with Gasteiger partial charge in [0.2, 0.25) is 5.91 Å². The Balaban J connectivity index is 2.63. The lowest BCUT2D eigenvalue weighted by atomic mass is 10.3. The summed E-state index contributed by atoms with van der Waals surface area (Å²) < 4.78 is 30.1. The summed E-state index contributed by atoms with van der Waals surface area (Å²) in [6.45, 7) is 1.24. The number of nitrogens with one attached hydrogen (secondary N) is 1. The smallest absolute Gasteiger partial charge is 0.251 e. The molecule has 0 aliphatic heterocycles. The van der Waals surface area contributed by atoms with Crippen molar-refractivity contribution in [3.63, 3.8) is 0 Å². The van der Waals surface area contributed by atoms with E-state index in [2.05, 4.69) is 5.32 Å². The second kappa shape index (κ2) is 9.25. The molecule has 7 heteroatoms. The van der Waals surface area contributed by atoms with Crippen LogP contribution >= 0.6 is 0 Å². The average Bonchev–Trinajstić information content (AvgIpc) is 2.40. The second-order valence-corrected chi connectivity index (χ2v) is 4.33. The summed E-state index contributed by atoms with van der Waals surface area (Å²) in [5, 5.41) is 11.5.